The van der Waals surface area contributed by atoms with E-state index in [9.17, 15) is 0 Å². The normalized spacial score (nSPS) is 23.9. The number of hydrogen-bond acceptors (Lipinski definition) is 3. The molecule has 1 unspecified atom stereocenters. The quantitative estimate of drug-likeness (QED) is 0.820. The second-order valence-electron chi connectivity index (χ2n) is 3.87. The fourth-order valence-corrected chi connectivity index (χ4v) is 2.68. The van der Waals surface area contributed by atoms with E-state index in [1.54, 1.807) is 0 Å². The molecule has 1 aromatic rings. The molecule has 2 rings (SSSR count). The first-order chi connectivity index (χ1) is 6.88. The molecule has 1 aliphatic heterocycles. The lowest BCUT2D eigenvalue weighted by Gasteiger charge is -2.32. The second kappa shape index (κ2) is 4.91. The lowest BCUT2D eigenvalue weighted by atomic mass is 10.1. The maximum atomic E-state index is 3.54. The number of piperazine rings is 1. The summed E-state index contributed by atoms with van der Waals surface area (Å²) in [6, 6.07) is 5.07. The van der Waals surface area contributed by atoms with Crippen LogP contribution in [0, 0.1) is 0 Å². The van der Waals surface area contributed by atoms with Crippen LogP contribution >= 0.6 is 11.3 Å². The molecule has 1 aromatic heterocycles. The molecule has 0 aromatic carbocycles. The Morgan fingerprint density at radius 1 is 1.64 bits per heavy atom. The van der Waals surface area contributed by atoms with E-state index in [1.165, 1.54) is 24.4 Å². The van der Waals surface area contributed by atoms with Gasteiger partial charge in [0.25, 0.3) is 0 Å². The highest BCUT2D eigenvalue weighted by atomic mass is 32.1. The predicted octanol–water partition coefficient (Wildman–Crippen LogP) is 1.93. The van der Waals surface area contributed by atoms with E-state index >= 15 is 0 Å². The fourth-order valence-electron chi connectivity index (χ4n) is 1.93. The molecule has 0 amide bonds. The fraction of sp³-hybridized carbons (Fsp3) is 0.636. The van der Waals surface area contributed by atoms with Gasteiger partial charge in [0.15, 0.2) is 0 Å². The number of rotatable bonds is 3. The lowest BCUT2D eigenvalue weighted by molar-refractivity contribution is 0.191. The van der Waals surface area contributed by atoms with E-state index < -0.39 is 0 Å². The summed E-state index contributed by atoms with van der Waals surface area (Å²) in [5, 5.41) is 5.70. The van der Waals surface area contributed by atoms with E-state index in [4.69, 9.17) is 0 Å². The topological polar surface area (TPSA) is 15.3 Å². The first-order valence-corrected chi connectivity index (χ1v) is 6.24. The van der Waals surface area contributed by atoms with Crippen molar-refractivity contribution in [2.45, 2.75) is 25.9 Å². The standard InChI is InChI=1S/C11H18N2S/c1-2-10-8-13(6-5-12-10)9-11-4-3-7-14-11/h3-4,7,10,12H,2,5-6,8-9H2,1H3. The Bertz CT molecular complexity index is 258. The minimum Gasteiger partial charge on any atom is -0.311 e. The molecule has 1 atom stereocenters. The van der Waals surface area contributed by atoms with Crippen molar-refractivity contribution in [3.8, 4) is 0 Å². The van der Waals surface area contributed by atoms with E-state index in [2.05, 4.69) is 34.7 Å². The summed E-state index contributed by atoms with van der Waals surface area (Å²) in [7, 11) is 0. The summed E-state index contributed by atoms with van der Waals surface area (Å²) in [5.41, 5.74) is 0. The Morgan fingerprint density at radius 2 is 2.57 bits per heavy atom. The van der Waals surface area contributed by atoms with Crippen molar-refractivity contribution in [2.24, 2.45) is 0 Å². The van der Waals surface area contributed by atoms with Crippen molar-refractivity contribution >= 4 is 11.3 Å². The Labute approximate surface area is 89.9 Å². The Balaban J connectivity index is 1.86. The SMILES string of the molecule is CCC1CN(Cc2cccs2)CCN1. The highest BCUT2D eigenvalue weighted by Gasteiger charge is 2.17. The molecule has 78 valence electrons. The number of nitrogens with zero attached hydrogens (tertiary/aromatic N) is 1. The highest BCUT2D eigenvalue weighted by molar-refractivity contribution is 7.09. The molecule has 1 N–H and O–H groups in total. The van der Waals surface area contributed by atoms with Crippen molar-refractivity contribution in [2.75, 3.05) is 19.6 Å². The summed E-state index contributed by atoms with van der Waals surface area (Å²) in [6.45, 7) is 6.93. The minimum atomic E-state index is 0.698. The monoisotopic (exact) mass is 210 g/mol. The van der Waals surface area contributed by atoms with Crippen LogP contribution in [-0.2, 0) is 6.54 Å². The number of thiophene rings is 1. The molecule has 0 aliphatic carbocycles. The van der Waals surface area contributed by atoms with Crippen LogP contribution < -0.4 is 5.32 Å². The summed E-state index contributed by atoms with van der Waals surface area (Å²) in [4.78, 5) is 4.04. The number of nitrogens with one attached hydrogen (secondary N) is 1. The zero-order chi connectivity index (χ0) is 9.80. The third-order valence-electron chi connectivity index (χ3n) is 2.79. The van der Waals surface area contributed by atoms with Crippen LogP contribution in [0.25, 0.3) is 0 Å². The first-order valence-electron chi connectivity index (χ1n) is 5.36. The Kier molecular flexibility index (Phi) is 3.56. The molecule has 3 heteroatoms. The largest absolute Gasteiger partial charge is 0.311 e. The van der Waals surface area contributed by atoms with Gasteiger partial charge in [-0.05, 0) is 17.9 Å². The zero-order valence-electron chi connectivity index (χ0n) is 8.70. The smallest absolute Gasteiger partial charge is 0.0329 e. The van der Waals surface area contributed by atoms with E-state index in [0.717, 1.165) is 13.1 Å². The molecule has 0 spiro atoms. The minimum absolute atomic E-state index is 0.698. The van der Waals surface area contributed by atoms with Gasteiger partial charge in [-0.2, -0.15) is 0 Å². The van der Waals surface area contributed by atoms with Gasteiger partial charge in [-0.3, -0.25) is 4.90 Å². The van der Waals surface area contributed by atoms with E-state index in [1.807, 2.05) is 11.3 Å². The van der Waals surface area contributed by atoms with Gasteiger partial charge < -0.3 is 5.32 Å². The maximum Gasteiger partial charge on any atom is 0.0329 e. The van der Waals surface area contributed by atoms with Crippen molar-refractivity contribution in [3.05, 3.63) is 22.4 Å². The van der Waals surface area contributed by atoms with Crippen LogP contribution in [0.5, 0.6) is 0 Å². The summed E-state index contributed by atoms with van der Waals surface area (Å²) in [5.74, 6) is 0. The van der Waals surface area contributed by atoms with Crippen LogP contribution in [0.4, 0.5) is 0 Å². The van der Waals surface area contributed by atoms with Gasteiger partial charge in [-0.15, -0.1) is 11.3 Å². The van der Waals surface area contributed by atoms with Crippen molar-refractivity contribution in [3.63, 3.8) is 0 Å². The molecule has 0 bridgehead atoms. The van der Waals surface area contributed by atoms with Gasteiger partial charge in [0.2, 0.25) is 0 Å². The van der Waals surface area contributed by atoms with E-state index in [0.29, 0.717) is 6.04 Å². The van der Waals surface area contributed by atoms with Crippen molar-refractivity contribution in [1.82, 2.24) is 10.2 Å². The Hall–Kier alpha value is -0.380. The van der Waals surface area contributed by atoms with Crippen molar-refractivity contribution in [1.29, 1.82) is 0 Å². The molecule has 14 heavy (non-hydrogen) atoms. The van der Waals surface area contributed by atoms with Gasteiger partial charge in [0.05, 0.1) is 0 Å². The van der Waals surface area contributed by atoms with Crippen LogP contribution in [-0.4, -0.2) is 30.6 Å². The molecular formula is C11H18N2S. The third-order valence-corrected chi connectivity index (χ3v) is 3.65. The highest BCUT2D eigenvalue weighted by Crippen LogP contribution is 2.13. The predicted molar refractivity (Wildman–Crippen MR) is 61.7 cm³/mol. The number of hydrogen-bond donors (Lipinski definition) is 1. The van der Waals surface area contributed by atoms with Crippen LogP contribution in [0.2, 0.25) is 0 Å². The molecule has 2 heterocycles. The maximum absolute atomic E-state index is 3.54. The molecule has 2 nitrogen and oxygen atoms in total. The van der Waals surface area contributed by atoms with Gasteiger partial charge in [-0.25, -0.2) is 0 Å². The molecule has 1 aliphatic rings. The van der Waals surface area contributed by atoms with Crippen LogP contribution in [0.15, 0.2) is 17.5 Å². The summed E-state index contributed by atoms with van der Waals surface area (Å²) in [6.07, 6.45) is 1.24. The summed E-state index contributed by atoms with van der Waals surface area (Å²) < 4.78 is 0. The van der Waals surface area contributed by atoms with Crippen molar-refractivity contribution < 1.29 is 0 Å². The molecule has 0 saturated carbocycles. The molecular weight excluding hydrogens is 192 g/mol. The molecule has 1 fully saturated rings. The zero-order valence-corrected chi connectivity index (χ0v) is 9.52. The Morgan fingerprint density at radius 3 is 3.29 bits per heavy atom. The van der Waals surface area contributed by atoms with Gasteiger partial charge in [-0.1, -0.05) is 13.0 Å². The molecule has 0 radical (unpaired) electrons. The van der Waals surface area contributed by atoms with E-state index in [-0.39, 0.29) is 0 Å². The van der Waals surface area contributed by atoms with Crippen LogP contribution in [0.1, 0.15) is 18.2 Å². The van der Waals surface area contributed by atoms with Crippen LogP contribution in [0.3, 0.4) is 0 Å². The second-order valence-corrected chi connectivity index (χ2v) is 4.91. The lowest BCUT2D eigenvalue weighted by Crippen LogP contribution is -2.49. The average Bonchev–Trinajstić information content (AvgIpc) is 2.71. The van der Waals surface area contributed by atoms with Gasteiger partial charge >= 0.3 is 0 Å². The van der Waals surface area contributed by atoms with Gasteiger partial charge in [0.1, 0.15) is 0 Å². The third kappa shape index (κ3) is 2.56. The first kappa shape index (κ1) is 10.1. The summed E-state index contributed by atoms with van der Waals surface area (Å²) >= 11 is 1.86. The average molecular weight is 210 g/mol. The van der Waals surface area contributed by atoms with Gasteiger partial charge in [0, 0.05) is 37.1 Å². The molecule has 1 saturated heterocycles.